The average Bonchev–Trinajstić information content (AvgIpc) is 3.37. The monoisotopic (exact) mass is 470 g/mol. The van der Waals surface area contributed by atoms with Crippen molar-refractivity contribution in [2.75, 3.05) is 6.61 Å². The Morgan fingerprint density at radius 1 is 0.625 bits per heavy atom. The topological polar surface area (TPSA) is 9.23 Å². The van der Waals surface area contributed by atoms with E-state index in [1.165, 1.54) is 110 Å². The maximum Gasteiger partial charge on any atom is 0.119 e. The quantitative estimate of drug-likeness (QED) is 0.178. The van der Waals surface area contributed by atoms with Crippen molar-refractivity contribution in [3.63, 3.8) is 0 Å². The van der Waals surface area contributed by atoms with E-state index in [-0.39, 0.29) is 0 Å². The molecule has 0 radical (unpaired) electrons. The SMILES string of the molecule is CCCCCCCCCCCOc1ccc(-c2cc3sc(CCCCCC)cc3s2)cc1. The molecule has 2 aromatic heterocycles. The van der Waals surface area contributed by atoms with Crippen molar-refractivity contribution < 1.29 is 4.74 Å². The molecule has 0 bridgehead atoms. The number of unbranched alkanes of at least 4 members (excludes halogenated alkanes) is 11. The van der Waals surface area contributed by atoms with E-state index in [0.717, 1.165) is 12.4 Å². The molecular formula is C29H42OS2. The van der Waals surface area contributed by atoms with Gasteiger partial charge in [-0.2, -0.15) is 0 Å². The third kappa shape index (κ3) is 8.56. The number of aryl methyl sites for hydroxylation is 1. The highest BCUT2D eigenvalue weighted by molar-refractivity contribution is 7.29. The zero-order chi connectivity index (χ0) is 22.4. The van der Waals surface area contributed by atoms with E-state index in [0.29, 0.717) is 0 Å². The maximum atomic E-state index is 5.98. The van der Waals surface area contributed by atoms with Crippen LogP contribution in [0.3, 0.4) is 0 Å². The predicted octanol–water partition coefficient (Wildman–Crippen LogP) is 10.7. The van der Waals surface area contributed by atoms with Crippen molar-refractivity contribution >= 4 is 32.1 Å². The summed E-state index contributed by atoms with van der Waals surface area (Å²) in [5.41, 5.74) is 1.30. The van der Waals surface area contributed by atoms with Gasteiger partial charge in [-0.25, -0.2) is 0 Å². The number of hydrogen-bond acceptors (Lipinski definition) is 3. The molecule has 1 nitrogen and oxygen atoms in total. The summed E-state index contributed by atoms with van der Waals surface area (Å²) in [6, 6.07) is 13.5. The Kier molecular flexibility index (Phi) is 11.7. The molecule has 1 aromatic carbocycles. The first-order valence-corrected chi connectivity index (χ1v) is 14.7. The summed E-state index contributed by atoms with van der Waals surface area (Å²) in [7, 11) is 0. The lowest BCUT2D eigenvalue weighted by Crippen LogP contribution is -1.97. The van der Waals surface area contributed by atoms with Crippen LogP contribution in [-0.4, -0.2) is 6.61 Å². The highest BCUT2D eigenvalue weighted by Crippen LogP contribution is 2.39. The smallest absolute Gasteiger partial charge is 0.119 e. The number of ether oxygens (including phenoxy) is 1. The van der Waals surface area contributed by atoms with Gasteiger partial charge in [-0.3, -0.25) is 0 Å². The Balaban J connectivity index is 1.36. The standard InChI is InChI=1S/C29H42OS2/c1-3-5-7-9-10-11-12-13-15-21-30-25-19-17-24(18-20-25)27-23-29-28(32-27)22-26(31-29)16-14-8-6-4-2/h17-20,22-23H,3-16,21H2,1-2H3. The van der Waals surface area contributed by atoms with Gasteiger partial charge in [0.05, 0.1) is 6.61 Å². The molecule has 0 spiro atoms. The van der Waals surface area contributed by atoms with Crippen molar-refractivity contribution in [1.82, 2.24) is 0 Å². The van der Waals surface area contributed by atoms with Crippen LogP contribution < -0.4 is 4.74 Å². The second-order valence-electron chi connectivity index (χ2n) is 9.06. The van der Waals surface area contributed by atoms with E-state index in [2.05, 4.69) is 50.2 Å². The summed E-state index contributed by atoms with van der Waals surface area (Å²) >= 11 is 3.91. The zero-order valence-electron chi connectivity index (χ0n) is 20.3. The van der Waals surface area contributed by atoms with Crippen LogP contribution in [0.2, 0.25) is 0 Å². The van der Waals surface area contributed by atoms with Crippen LogP contribution in [0, 0.1) is 0 Å². The molecule has 3 rings (SSSR count). The Morgan fingerprint density at radius 3 is 1.88 bits per heavy atom. The number of benzene rings is 1. The lowest BCUT2D eigenvalue weighted by molar-refractivity contribution is 0.304. The molecule has 0 aliphatic rings. The molecule has 0 N–H and O–H groups in total. The van der Waals surface area contributed by atoms with Gasteiger partial charge in [0.1, 0.15) is 5.75 Å². The maximum absolute atomic E-state index is 5.98. The van der Waals surface area contributed by atoms with E-state index >= 15 is 0 Å². The highest BCUT2D eigenvalue weighted by Gasteiger charge is 2.09. The molecule has 3 aromatic rings. The molecule has 0 saturated heterocycles. The van der Waals surface area contributed by atoms with E-state index < -0.39 is 0 Å². The molecular weight excluding hydrogens is 428 g/mol. The second kappa shape index (κ2) is 14.8. The molecule has 0 aliphatic carbocycles. The highest BCUT2D eigenvalue weighted by atomic mass is 32.1. The van der Waals surface area contributed by atoms with Crippen LogP contribution in [-0.2, 0) is 6.42 Å². The molecule has 0 saturated carbocycles. The summed E-state index contributed by atoms with van der Waals surface area (Å²) < 4.78 is 8.87. The van der Waals surface area contributed by atoms with Gasteiger partial charge >= 0.3 is 0 Å². The largest absolute Gasteiger partial charge is 0.494 e. The minimum atomic E-state index is 0.838. The lowest BCUT2D eigenvalue weighted by Gasteiger charge is -2.07. The second-order valence-corrected chi connectivity index (χ2v) is 11.3. The number of rotatable bonds is 17. The van der Waals surface area contributed by atoms with Crippen molar-refractivity contribution in [2.45, 2.75) is 104 Å². The summed E-state index contributed by atoms with van der Waals surface area (Å²) in [5.74, 6) is 1.00. The average molecular weight is 471 g/mol. The normalized spacial score (nSPS) is 11.4. The van der Waals surface area contributed by atoms with Crippen LogP contribution in [0.15, 0.2) is 36.4 Å². The Morgan fingerprint density at radius 2 is 1.22 bits per heavy atom. The van der Waals surface area contributed by atoms with Gasteiger partial charge in [-0.15, -0.1) is 22.7 Å². The minimum Gasteiger partial charge on any atom is -0.494 e. The van der Waals surface area contributed by atoms with Gasteiger partial charge in [-0.05, 0) is 61.2 Å². The number of hydrogen-bond donors (Lipinski definition) is 0. The fourth-order valence-corrected chi connectivity index (χ4v) is 6.66. The van der Waals surface area contributed by atoms with Gasteiger partial charge in [-0.1, -0.05) is 84.5 Å². The summed E-state index contributed by atoms with van der Waals surface area (Å²) in [4.78, 5) is 2.92. The molecule has 0 amide bonds. The molecule has 3 heteroatoms. The summed E-state index contributed by atoms with van der Waals surface area (Å²) in [6.45, 7) is 5.40. The third-order valence-corrected chi connectivity index (χ3v) is 8.59. The van der Waals surface area contributed by atoms with Gasteiger partial charge in [0.25, 0.3) is 0 Å². The molecule has 0 unspecified atom stereocenters. The van der Waals surface area contributed by atoms with Crippen molar-refractivity contribution in [2.24, 2.45) is 0 Å². The molecule has 32 heavy (non-hydrogen) atoms. The first-order valence-electron chi connectivity index (χ1n) is 13.1. The van der Waals surface area contributed by atoms with Crippen LogP contribution >= 0.6 is 22.7 Å². The van der Waals surface area contributed by atoms with Crippen molar-refractivity contribution in [3.05, 3.63) is 41.3 Å². The van der Waals surface area contributed by atoms with Gasteiger partial charge in [0.2, 0.25) is 0 Å². The fourth-order valence-electron chi connectivity index (χ4n) is 4.20. The van der Waals surface area contributed by atoms with Gasteiger partial charge < -0.3 is 4.74 Å². The van der Waals surface area contributed by atoms with Gasteiger partial charge in [0.15, 0.2) is 0 Å². The lowest BCUT2D eigenvalue weighted by atomic mass is 10.1. The van der Waals surface area contributed by atoms with E-state index in [1.54, 1.807) is 4.88 Å². The molecule has 0 atom stereocenters. The van der Waals surface area contributed by atoms with E-state index in [1.807, 2.05) is 22.7 Å². The molecule has 0 fully saturated rings. The fraction of sp³-hybridized carbons (Fsp3) is 0.586. The predicted molar refractivity (Wildman–Crippen MR) is 146 cm³/mol. The number of fused-ring (bicyclic) bond motifs is 1. The van der Waals surface area contributed by atoms with Gasteiger partial charge in [0, 0.05) is 19.2 Å². The summed E-state index contributed by atoms with van der Waals surface area (Å²) in [5, 5.41) is 0. The van der Waals surface area contributed by atoms with Crippen LogP contribution in [0.5, 0.6) is 5.75 Å². The Labute approximate surface area is 204 Å². The first-order chi connectivity index (χ1) is 15.8. The minimum absolute atomic E-state index is 0.838. The Hall–Kier alpha value is -1.32. The van der Waals surface area contributed by atoms with Crippen LogP contribution in [0.1, 0.15) is 102 Å². The molecule has 2 heterocycles. The zero-order valence-corrected chi connectivity index (χ0v) is 21.9. The Bertz CT molecular complexity index is 843. The van der Waals surface area contributed by atoms with Crippen molar-refractivity contribution in [1.29, 1.82) is 0 Å². The molecule has 0 aliphatic heterocycles. The third-order valence-electron chi connectivity index (χ3n) is 6.19. The molecule has 176 valence electrons. The van der Waals surface area contributed by atoms with E-state index in [4.69, 9.17) is 4.74 Å². The first kappa shape index (κ1) is 25.3. The summed E-state index contributed by atoms with van der Waals surface area (Å²) in [6.07, 6.45) is 18.8. The van der Waals surface area contributed by atoms with Crippen LogP contribution in [0.25, 0.3) is 19.8 Å². The van der Waals surface area contributed by atoms with Crippen molar-refractivity contribution in [3.8, 4) is 16.2 Å². The van der Waals surface area contributed by atoms with E-state index in [9.17, 15) is 0 Å². The number of thiophene rings is 2. The van der Waals surface area contributed by atoms with Crippen LogP contribution in [0.4, 0.5) is 0 Å².